The van der Waals surface area contributed by atoms with Gasteiger partial charge in [0.15, 0.2) is 5.96 Å². The molecular formula is C21H36IN3O4. The Labute approximate surface area is 192 Å². The van der Waals surface area contributed by atoms with Crippen LogP contribution in [0.2, 0.25) is 0 Å². The van der Waals surface area contributed by atoms with Crippen LogP contribution in [0.3, 0.4) is 0 Å². The lowest BCUT2D eigenvalue weighted by molar-refractivity contribution is 0.115. The van der Waals surface area contributed by atoms with Crippen molar-refractivity contribution in [3.05, 3.63) is 17.7 Å². The van der Waals surface area contributed by atoms with E-state index in [1.54, 1.807) is 21.3 Å². The molecule has 0 unspecified atom stereocenters. The summed E-state index contributed by atoms with van der Waals surface area (Å²) in [5, 5.41) is 3.34. The van der Waals surface area contributed by atoms with E-state index in [9.17, 15) is 0 Å². The number of ether oxygens (including phenoxy) is 4. The van der Waals surface area contributed by atoms with E-state index in [0.29, 0.717) is 18.7 Å². The molecule has 0 heterocycles. The Morgan fingerprint density at radius 3 is 2.31 bits per heavy atom. The number of nitrogens with zero attached hydrogens (tertiary/aromatic N) is 2. The summed E-state index contributed by atoms with van der Waals surface area (Å²) in [5.74, 6) is 3.88. The number of hydrogen-bond donors (Lipinski definition) is 1. The quantitative estimate of drug-likeness (QED) is 0.197. The standard InChI is InChI=1S/C21H35N3O4.HI/c1-6-22-21(24(2)11-12-28-15-16-7-8-16)23-10-9-18-19(26-4)13-17(25-3)14-20(18)27-5;/h13-14,16H,6-12,15H2,1-5H3,(H,22,23);1H. The third-order valence-electron chi connectivity index (χ3n) is 4.76. The van der Waals surface area contributed by atoms with Gasteiger partial charge in [-0.05, 0) is 32.1 Å². The molecule has 1 aliphatic carbocycles. The van der Waals surface area contributed by atoms with Crippen molar-refractivity contribution in [1.29, 1.82) is 0 Å². The van der Waals surface area contributed by atoms with Gasteiger partial charge in [0.05, 0.1) is 27.9 Å². The van der Waals surface area contributed by atoms with Crippen LogP contribution in [-0.2, 0) is 11.2 Å². The SMILES string of the molecule is CCNC(=NCCc1c(OC)cc(OC)cc1OC)N(C)CCOCC1CC1.I. The van der Waals surface area contributed by atoms with Gasteiger partial charge in [0, 0.05) is 51.0 Å². The first-order valence-electron chi connectivity index (χ1n) is 9.99. The summed E-state index contributed by atoms with van der Waals surface area (Å²) in [5.41, 5.74) is 0.987. The molecule has 0 amide bonds. The highest BCUT2D eigenvalue weighted by atomic mass is 127. The van der Waals surface area contributed by atoms with E-state index >= 15 is 0 Å². The summed E-state index contributed by atoms with van der Waals surface area (Å²) in [6.07, 6.45) is 3.34. The molecule has 1 fully saturated rings. The molecule has 0 bridgehead atoms. The fraction of sp³-hybridized carbons (Fsp3) is 0.667. The predicted octanol–water partition coefficient (Wildman–Crippen LogP) is 3.20. The molecule has 7 nitrogen and oxygen atoms in total. The molecule has 0 aliphatic heterocycles. The van der Waals surface area contributed by atoms with Crippen molar-refractivity contribution >= 4 is 29.9 Å². The highest BCUT2D eigenvalue weighted by Crippen LogP contribution is 2.34. The van der Waals surface area contributed by atoms with Gasteiger partial charge in [0.2, 0.25) is 0 Å². The summed E-state index contributed by atoms with van der Waals surface area (Å²) in [7, 11) is 6.97. The molecule has 0 radical (unpaired) electrons. The van der Waals surface area contributed by atoms with Crippen molar-refractivity contribution in [2.75, 3.05) is 61.2 Å². The van der Waals surface area contributed by atoms with Crippen molar-refractivity contribution in [3.8, 4) is 17.2 Å². The Balaban J connectivity index is 0.00000420. The zero-order chi connectivity index (χ0) is 20.4. The minimum absolute atomic E-state index is 0. The smallest absolute Gasteiger partial charge is 0.193 e. The van der Waals surface area contributed by atoms with Gasteiger partial charge in [-0.1, -0.05) is 0 Å². The molecule has 1 N–H and O–H groups in total. The normalized spacial score (nSPS) is 13.5. The fourth-order valence-electron chi connectivity index (χ4n) is 2.91. The molecule has 2 rings (SSSR count). The molecule has 0 saturated heterocycles. The molecule has 1 aromatic carbocycles. The lowest BCUT2D eigenvalue weighted by Crippen LogP contribution is -2.40. The molecule has 0 aromatic heterocycles. The summed E-state index contributed by atoms with van der Waals surface area (Å²) >= 11 is 0. The Morgan fingerprint density at radius 2 is 1.79 bits per heavy atom. The number of hydrogen-bond acceptors (Lipinski definition) is 5. The summed E-state index contributed by atoms with van der Waals surface area (Å²) in [6, 6.07) is 3.74. The molecule has 1 aromatic rings. The van der Waals surface area contributed by atoms with Crippen LogP contribution in [0.15, 0.2) is 17.1 Å². The number of nitrogens with one attached hydrogen (secondary N) is 1. The molecule has 166 valence electrons. The van der Waals surface area contributed by atoms with Crippen LogP contribution in [0.25, 0.3) is 0 Å². The number of methoxy groups -OCH3 is 3. The first kappa shape index (κ1) is 25.6. The summed E-state index contributed by atoms with van der Waals surface area (Å²) < 4.78 is 22.1. The highest BCUT2D eigenvalue weighted by Gasteiger charge is 2.21. The number of rotatable bonds is 12. The van der Waals surface area contributed by atoms with Gasteiger partial charge in [0.1, 0.15) is 17.2 Å². The number of benzene rings is 1. The van der Waals surface area contributed by atoms with Crippen molar-refractivity contribution in [2.24, 2.45) is 10.9 Å². The third kappa shape index (κ3) is 8.46. The van der Waals surface area contributed by atoms with Crippen LogP contribution in [-0.4, -0.2) is 72.1 Å². The van der Waals surface area contributed by atoms with Crippen LogP contribution in [0.1, 0.15) is 25.3 Å². The van der Waals surface area contributed by atoms with Crippen LogP contribution in [0.4, 0.5) is 0 Å². The second-order valence-corrected chi connectivity index (χ2v) is 6.94. The average Bonchev–Trinajstić information content (AvgIpc) is 3.54. The molecule has 1 aliphatic rings. The van der Waals surface area contributed by atoms with Crippen LogP contribution < -0.4 is 19.5 Å². The number of likely N-dealkylation sites (N-methyl/N-ethyl adjacent to an activating group) is 1. The number of guanidine groups is 1. The highest BCUT2D eigenvalue weighted by molar-refractivity contribution is 14.0. The van der Waals surface area contributed by atoms with Gasteiger partial charge in [-0.25, -0.2) is 0 Å². The van der Waals surface area contributed by atoms with Crippen molar-refractivity contribution in [3.63, 3.8) is 0 Å². The van der Waals surface area contributed by atoms with E-state index in [2.05, 4.69) is 17.1 Å². The van der Waals surface area contributed by atoms with Crippen molar-refractivity contribution < 1.29 is 18.9 Å². The maximum atomic E-state index is 5.74. The topological polar surface area (TPSA) is 64.6 Å². The van der Waals surface area contributed by atoms with Crippen molar-refractivity contribution in [2.45, 2.75) is 26.2 Å². The second-order valence-electron chi connectivity index (χ2n) is 6.94. The Bertz CT molecular complexity index is 613. The van der Waals surface area contributed by atoms with E-state index < -0.39 is 0 Å². The average molecular weight is 521 g/mol. The van der Waals surface area contributed by atoms with Gasteiger partial charge in [-0.2, -0.15) is 0 Å². The zero-order valence-electron chi connectivity index (χ0n) is 18.3. The van der Waals surface area contributed by atoms with Crippen LogP contribution in [0.5, 0.6) is 17.2 Å². The lowest BCUT2D eigenvalue weighted by atomic mass is 10.1. The monoisotopic (exact) mass is 521 g/mol. The van der Waals surface area contributed by atoms with Crippen LogP contribution >= 0.6 is 24.0 Å². The molecular weight excluding hydrogens is 485 g/mol. The molecule has 0 spiro atoms. The first-order chi connectivity index (χ1) is 13.6. The molecule has 29 heavy (non-hydrogen) atoms. The summed E-state index contributed by atoms with van der Waals surface area (Å²) in [4.78, 5) is 6.87. The largest absolute Gasteiger partial charge is 0.496 e. The zero-order valence-corrected chi connectivity index (χ0v) is 20.7. The van der Waals surface area contributed by atoms with E-state index in [4.69, 9.17) is 23.9 Å². The Hall–Kier alpha value is -1.42. The maximum Gasteiger partial charge on any atom is 0.193 e. The number of halogens is 1. The van der Waals surface area contributed by atoms with Gasteiger partial charge in [-0.3, -0.25) is 4.99 Å². The van der Waals surface area contributed by atoms with Gasteiger partial charge in [0.25, 0.3) is 0 Å². The Morgan fingerprint density at radius 1 is 1.14 bits per heavy atom. The minimum Gasteiger partial charge on any atom is -0.496 e. The van der Waals surface area contributed by atoms with E-state index in [0.717, 1.165) is 55.2 Å². The van der Waals surface area contributed by atoms with Crippen LogP contribution in [0, 0.1) is 5.92 Å². The van der Waals surface area contributed by atoms with Gasteiger partial charge < -0.3 is 29.2 Å². The van der Waals surface area contributed by atoms with E-state index in [1.807, 2.05) is 19.2 Å². The summed E-state index contributed by atoms with van der Waals surface area (Å²) in [6.45, 7) is 5.93. The van der Waals surface area contributed by atoms with E-state index in [-0.39, 0.29) is 24.0 Å². The lowest BCUT2D eigenvalue weighted by Gasteiger charge is -2.22. The molecule has 0 atom stereocenters. The van der Waals surface area contributed by atoms with Gasteiger partial charge in [-0.15, -0.1) is 24.0 Å². The fourth-order valence-corrected chi connectivity index (χ4v) is 2.91. The first-order valence-corrected chi connectivity index (χ1v) is 9.99. The molecule has 1 saturated carbocycles. The Kier molecular flexibility index (Phi) is 12.1. The predicted molar refractivity (Wildman–Crippen MR) is 127 cm³/mol. The molecule has 8 heteroatoms. The second kappa shape index (κ2) is 13.7. The maximum absolute atomic E-state index is 5.74. The minimum atomic E-state index is 0. The number of aliphatic imine (C=N–C) groups is 1. The van der Waals surface area contributed by atoms with E-state index in [1.165, 1.54) is 12.8 Å². The van der Waals surface area contributed by atoms with Crippen molar-refractivity contribution in [1.82, 2.24) is 10.2 Å². The third-order valence-corrected chi connectivity index (χ3v) is 4.76. The van der Waals surface area contributed by atoms with Gasteiger partial charge >= 0.3 is 0 Å².